The standard InChI is InChI=1S/C13H25N3O4/c1-9-6-11(17)13(19,20-7-9)8-16-12(18)10(15)4-2-3-5-14/h9-10,19H,2-8,14-15H2,1H3,(H,16,18)/p-1/t9?,10-,13+/m0/s1. The van der Waals surface area contributed by atoms with Crippen molar-refractivity contribution in [1.82, 2.24) is 0 Å². The number of aliphatic imine (C=N–C) groups is 1. The summed E-state index contributed by atoms with van der Waals surface area (Å²) in [5.74, 6) is -2.87. The summed E-state index contributed by atoms with van der Waals surface area (Å²) in [6.07, 6.45) is 2.26. The van der Waals surface area contributed by atoms with Gasteiger partial charge >= 0.3 is 0 Å². The number of carbonyl (C=O) groups is 1. The van der Waals surface area contributed by atoms with Gasteiger partial charge in [0.25, 0.3) is 0 Å². The highest BCUT2D eigenvalue weighted by molar-refractivity contribution is 5.87. The summed E-state index contributed by atoms with van der Waals surface area (Å²) in [6.45, 7) is 2.29. The Morgan fingerprint density at radius 3 is 2.95 bits per heavy atom. The number of carbonyl (C=O) groups excluding carboxylic acids is 1. The lowest BCUT2D eigenvalue weighted by atomic mass is 9.96. The van der Waals surface area contributed by atoms with Crippen molar-refractivity contribution in [3.05, 3.63) is 0 Å². The van der Waals surface area contributed by atoms with Crippen molar-refractivity contribution in [3.63, 3.8) is 0 Å². The summed E-state index contributed by atoms with van der Waals surface area (Å²) >= 11 is 0. The summed E-state index contributed by atoms with van der Waals surface area (Å²) < 4.78 is 5.12. The van der Waals surface area contributed by atoms with E-state index in [1.165, 1.54) is 0 Å². The van der Waals surface area contributed by atoms with E-state index in [1.54, 1.807) is 0 Å². The van der Waals surface area contributed by atoms with Crippen molar-refractivity contribution >= 4 is 11.7 Å². The van der Waals surface area contributed by atoms with Gasteiger partial charge in [0.2, 0.25) is 5.79 Å². The van der Waals surface area contributed by atoms with Crippen LogP contribution in [0, 0.1) is 5.92 Å². The molecule has 1 aliphatic heterocycles. The van der Waals surface area contributed by atoms with Crippen LogP contribution in [0.5, 0.6) is 0 Å². The molecule has 7 nitrogen and oxygen atoms in total. The molecule has 0 bridgehead atoms. The zero-order valence-corrected chi connectivity index (χ0v) is 11.9. The molecule has 0 aromatic rings. The van der Waals surface area contributed by atoms with Gasteiger partial charge in [-0.1, -0.05) is 13.3 Å². The van der Waals surface area contributed by atoms with Crippen LogP contribution in [0.25, 0.3) is 0 Å². The first-order valence-corrected chi connectivity index (χ1v) is 6.95. The number of nitrogens with zero attached hydrogens (tertiary/aromatic N) is 1. The Hall–Kier alpha value is -1.02. The van der Waals surface area contributed by atoms with Crippen molar-refractivity contribution in [2.45, 2.75) is 44.4 Å². The van der Waals surface area contributed by atoms with Crippen LogP contribution in [0.2, 0.25) is 0 Å². The van der Waals surface area contributed by atoms with Crippen LogP contribution in [0.1, 0.15) is 32.6 Å². The molecule has 1 aliphatic rings. The number of unbranched alkanes of at least 4 members (excludes halogenated alkanes) is 1. The third-order valence-electron chi connectivity index (χ3n) is 3.31. The zero-order chi connectivity index (χ0) is 15.2. The molecular weight excluding hydrogens is 262 g/mol. The molecule has 1 rings (SSSR count). The monoisotopic (exact) mass is 286 g/mol. The summed E-state index contributed by atoms with van der Waals surface area (Å²) in [5.41, 5.74) is 11.0. The second kappa shape index (κ2) is 7.68. The number of aliphatic hydroxyl groups is 1. The van der Waals surface area contributed by atoms with Gasteiger partial charge in [0.15, 0.2) is 5.78 Å². The van der Waals surface area contributed by atoms with E-state index in [9.17, 15) is 15.0 Å². The maximum atomic E-state index is 11.7. The fourth-order valence-electron chi connectivity index (χ4n) is 1.96. The highest BCUT2D eigenvalue weighted by Gasteiger charge is 2.41. The van der Waals surface area contributed by atoms with Gasteiger partial charge in [-0.05, 0) is 31.2 Å². The van der Waals surface area contributed by atoms with E-state index in [4.69, 9.17) is 16.2 Å². The average molecular weight is 286 g/mol. The largest absolute Gasteiger partial charge is 0.861 e. The zero-order valence-electron chi connectivity index (χ0n) is 11.9. The van der Waals surface area contributed by atoms with Crippen LogP contribution in [-0.2, 0) is 9.53 Å². The molecule has 3 atom stereocenters. The molecule has 0 radical (unpaired) electrons. The second-order valence-corrected chi connectivity index (χ2v) is 5.37. The van der Waals surface area contributed by atoms with Crippen molar-refractivity contribution in [1.29, 1.82) is 0 Å². The Bertz CT molecular complexity index is 362. The highest BCUT2D eigenvalue weighted by Crippen LogP contribution is 2.22. The van der Waals surface area contributed by atoms with Gasteiger partial charge in [-0.2, -0.15) is 0 Å². The van der Waals surface area contributed by atoms with Gasteiger partial charge < -0.3 is 26.4 Å². The predicted molar refractivity (Wildman–Crippen MR) is 72.9 cm³/mol. The molecule has 0 aromatic carbocycles. The lowest BCUT2D eigenvalue weighted by Crippen LogP contribution is -2.50. The van der Waals surface area contributed by atoms with E-state index in [0.29, 0.717) is 13.0 Å². The van der Waals surface area contributed by atoms with Gasteiger partial charge in [0.1, 0.15) is 0 Å². The highest BCUT2D eigenvalue weighted by atomic mass is 16.6. The van der Waals surface area contributed by atoms with Crippen LogP contribution in [0.15, 0.2) is 4.99 Å². The summed E-state index contributed by atoms with van der Waals surface area (Å²) in [6, 6.07) is -0.720. The van der Waals surface area contributed by atoms with E-state index in [0.717, 1.165) is 12.8 Å². The Morgan fingerprint density at radius 2 is 2.35 bits per heavy atom. The van der Waals surface area contributed by atoms with Gasteiger partial charge in [0, 0.05) is 12.5 Å². The minimum atomic E-state index is -1.97. The Kier molecular flexibility index (Phi) is 6.54. The molecule has 5 N–H and O–H groups in total. The Labute approximate surface area is 119 Å². The number of nitrogens with two attached hydrogens (primary N) is 2. The molecule has 0 aromatic heterocycles. The molecule has 7 heteroatoms. The SMILES string of the molecule is CC1CO[C@](O)(CN=C([O-])[C@@H](N)CCCCN)C(=O)C1. The minimum Gasteiger partial charge on any atom is -0.861 e. The predicted octanol–water partition coefficient (Wildman–Crippen LogP) is -1.48. The molecule has 0 amide bonds. The number of hydrogen-bond donors (Lipinski definition) is 3. The Balaban J connectivity index is 2.50. The molecule has 1 heterocycles. The van der Waals surface area contributed by atoms with Crippen molar-refractivity contribution in [2.75, 3.05) is 19.7 Å². The molecule has 1 unspecified atom stereocenters. The number of Topliss-reactive ketones (excluding diaryl/α,β-unsaturated/α-hetero) is 1. The number of ketones is 1. The summed E-state index contributed by atoms with van der Waals surface area (Å²) in [4.78, 5) is 15.4. The maximum absolute atomic E-state index is 11.7. The van der Waals surface area contributed by atoms with E-state index >= 15 is 0 Å². The molecule has 0 saturated carbocycles. The van der Waals surface area contributed by atoms with Crippen LogP contribution < -0.4 is 16.6 Å². The lowest BCUT2D eigenvalue weighted by Gasteiger charge is -2.33. The number of hydrogen-bond acceptors (Lipinski definition) is 7. The van der Waals surface area contributed by atoms with Crippen LogP contribution in [-0.4, -0.2) is 48.3 Å². The third-order valence-corrected chi connectivity index (χ3v) is 3.31. The van der Waals surface area contributed by atoms with E-state index in [-0.39, 0.29) is 25.5 Å². The summed E-state index contributed by atoms with van der Waals surface area (Å²) in [5, 5.41) is 21.7. The van der Waals surface area contributed by atoms with Crippen LogP contribution in [0.4, 0.5) is 0 Å². The van der Waals surface area contributed by atoms with Gasteiger partial charge in [0.05, 0.1) is 13.2 Å². The lowest BCUT2D eigenvalue weighted by molar-refractivity contribution is -0.227. The van der Waals surface area contributed by atoms with Crippen LogP contribution in [0.3, 0.4) is 0 Å². The van der Waals surface area contributed by atoms with Gasteiger partial charge in [-0.15, -0.1) is 0 Å². The third kappa shape index (κ3) is 4.82. The molecule has 20 heavy (non-hydrogen) atoms. The van der Waals surface area contributed by atoms with Crippen molar-refractivity contribution < 1.29 is 19.7 Å². The molecule has 1 fully saturated rings. The van der Waals surface area contributed by atoms with Crippen LogP contribution >= 0.6 is 0 Å². The number of rotatable bonds is 7. The van der Waals surface area contributed by atoms with E-state index in [2.05, 4.69) is 4.99 Å². The maximum Gasteiger partial charge on any atom is 0.246 e. The minimum absolute atomic E-state index is 0.0667. The molecule has 0 spiro atoms. The smallest absolute Gasteiger partial charge is 0.246 e. The number of ether oxygens (including phenoxy) is 1. The van der Waals surface area contributed by atoms with Crippen molar-refractivity contribution in [3.8, 4) is 0 Å². The topological polar surface area (TPSA) is 134 Å². The summed E-state index contributed by atoms with van der Waals surface area (Å²) in [7, 11) is 0. The molecule has 0 aliphatic carbocycles. The molecule has 116 valence electrons. The first-order valence-electron chi connectivity index (χ1n) is 6.95. The Morgan fingerprint density at radius 1 is 1.65 bits per heavy atom. The first kappa shape index (κ1) is 17.0. The van der Waals surface area contributed by atoms with Crippen molar-refractivity contribution in [2.24, 2.45) is 22.4 Å². The van der Waals surface area contributed by atoms with E-state index in [1.807, 2.05) is 6.92 Å². The molecular formula is C13H24N3O4-. The quantitative estimate of drug-likeness (QED) is 0.297. The normalized spacial score (nSPS) is 29.5. The van der Waals surface area contributed by atoms with Gasteiger partial charge in [-0.25, -0.2) is 0 Å². The van der Waals surface area contributed by atoms with E-state index < -0.39 is 23.5 Å². The molecule has 1 saturated heterocycles. The fourth-order valence-corrected chi connectivity index (χ4v) is 1.96. The second-order valence-electron chi connectivity index (χ2n) is 5.37. The van der Waals surface area contributed by atoms with Gasteiger partial charge in [-0.3, -0.25) is 9.79 Å². The average Bonchev–Trinajstić information content (AvgIpc) is 2.41. The first-order chi connectivity index (χ1) is 9.39. The fraction of sp³-hybridized carbons (Fsp3) is 0.846.